The fraction of sp³-hybridized carbons (Fsp3) is 0.188. The van der Waals surface area contributed by atoms with Crippen molar-refractivity contribution in [3.63, 3.8) is 0 Å². The van der Waals surface area contributed by atoms with Crippen LogP contribution in [0.3, 0.4) is 0 Å². The Kier molecular flexibility index (Phi) is 8.99. The number of nitrogens with zero attached hydrogens (tertiary/aromatic N) is 4. The van der Waals surface area contributed by atoms with Crippen molar-refractivity contribution in [1.29, 1.82) is 0 Å². The maximum Gasteiger partial charge on any atom is 3.00 e. The molecule has 0 atom stereocenters. The molecular weight excluding hydrogens is 1030 g/mol. The fourth-order valence-electron chi connectivity index (χ4n) is 8.95. The zero-order valence-electron chi connectivity index (χ0n) is 54.6. The minimum Gasteiger partial charge on any atom is -0.502 e. The van der Waals surface area contributed by atoms with E-state index in [1.165, 1.54) is 54.9 Å². The van der Waals surface area contributed by atoms with E-state index >= 15 is 0 Å². The van der Waals surface area contributed by atoms with E-state index in [9.17, 15) is 16.4 Å². The summed E-state index contributed by atoms with van der Waals surface area (Å²) in [5, 5.41) is 0.668. The molecule has 1 aliphatic carbocycles. The molecule has 70 heavy (non-hydrogen) atoms. The van der Waals surface area contributed by atoms with Crippen LogP contribution in [0.5, 0.6) is 0 Å². The molecule has 1 aliphatic rings. The molecule has 0 unspecified atom stereocenters. The minimum absolute atomic E-state index is 0. The molecule has 0 spiro atoms. The van der Waals surface area contributed by atoms with Gasteiger partial charge in [-0.3, -0.25) is 0 Å². The first-order valence-electron chi connectivity index (χ1n) is 31.0. The van der Waals surface area contributed by atoms with Gasteiger partial charge < -0.3 is 19.4 Å². The van der Waals surface area contributed by atoms with Gasteiger partial charge in [0.25, 0.3) is 0 Å². The first-order chi connectivity index (χ1) is 40.6. The molecule has 1 saturated carbocycles. The third-order valence-corrected chi connectivity index (χ3v) is 12.4. The molecule has 6 aromatic carbocycles. The van der Waals surface area contributed by atoms with Crippen molar-refractivity contribution in [2.45, 2.75) is 76.3 Å². The van der Waals surface area contributed by atoms with Gasteiger partial charge in [-0.05, 0) is 130 Å². The van der Waals surface area contributed by atoms with Crippen molar-refractivity contribution in [2.75, 3.05) is 0 Å². The van der Waals surface area contributed by atoms with Crippen LogP contribution < -0.4 is 0 Å². The number of aromatic nitrogens is 3. The molecule has 10 aromatic rings. The summed E-state index contributed by atoms with van der Waals surface area (Å²) in [5.74, 6) is 0. The zero-order chi connectivity index (χ0) is 61.7. The van der Waals surface area contributed by atoms with Crippen molar-refractivity contribution in [3.8, 4) is 44.9 Å². The van der Waals surface area contributed by atoms with Crippen LogP contribution in [0.25, 0.3) is 71.7 Å². The van der Waals surface area contributed by atoms with Crippen LogP contribution in [0.15, 0.2) is 175 Å². The van der Waals surface area contributed by atoms with Crippen molar-refractivity contribution in [1.82, 2.24) is 15.0 Å². The summed E-state index contributed by atoms with van der Waals surface area (Å²) in [6.45, 7) is 10.2. The topological polar surface area (TPSA) is 56.2 Å². The number of hydrogen-bond donors (Lipinski definition) is 0. The molecular formula is C64H51IrN4O. The summed E-state index contributed by atoms with van der Waals surface area (Å²) >= 11 is 0. The standard InChI is InChI=1S/C64H51N4O.Ir/c1-64(35-12-13-36-64)56-40-59(51-19-10-5-11-20-51)68-43-52(56)30-27-48-38-46(25-23-44-28-32-57(66-41-44)50-17-8-4-9-18-50)37-47(39-48)26-24-45-29-33-58(67-42-45)54-21-14-22-55-61-60(69-63(54)55)34-31-53(62(61)65-2)49-15-6-3-7-16-49;/h3-11,14-17,19,22,28-29,31-34,37-43H,12-13,23-27,30,35-36H2,1H3;/q-3;+3/i3D,6D,7D,15D,16D,23D2,24D2,25D2,26D2,27D2,30D2;. The summed E-state index contributed by atoms with van der Waals surface area (Å²) < 4.78 is 164. The molecule has 11 rings (SSSR count). The van der Waals surface area contributed by atoms with E-state index in [1.807, 2.05) is 19.1 Å². The monoisotopic (exact) mass is 1100 g/mol. The second-order valence-electron chi connectivity index (χ2n) is 17.0. The Morgan fingerprint density at radius 3 is 1.87 bits per heavy atom. The summed E-state index contributed by atoms with van der Waals surface area (Å²) in [5.41, 5.74) is 0.214. The molecule has 0 radical (unpaired) electrons. The van der Waals surface area contributed by atoms with Gasteiger partial charge in [0.15, 0.2) is 0 Å². The van der Waals surface area contributed by atoms with Gasteiger partial charge in [-0.2, -0.15) is 0 Å². The van der Waals surface area contributed by atoms with Crippen LogP contribution in [0, 0.1) is 24.8 Å². The van der Waals surface area contributed by atoms with Crippen molar-refractivity contribution in [3.05, 3.63) is 239 Å². The molecule has 0 saturated heterocycles. The van der Waals surface area contributed by atoms with Crippen LogP contribution in [-0.4, -0.2) is 15.0 Å². The molecule has 0 aliphatic heterocycles. The Balaban J connectivity index is 0.00000838. The maximum atomic E-state index is 9.86. The quantitative estimate of drug-likeness (QED) is 0.102. The number of rotatable bonds is 14. The Labute approximate surface area is 448 Å². The van der Waals surface area contributed by atoms with E-state index in [2.05, 4.69) is 38.0 Å². The number of aryl methyl sites for hydroxylation is 6. The molecule has 0 N–H and O–H groups in total. The van der Waals surface area contributed by atoms with Crippen molar-refractivity contribution in [2.24, 2.45) is 0 Å². The van der Waals surface area contributed by atoms with E-state index in [1.54, 1.807) is 48.5 Å². The van der Waals surface area contributed by atoms with Crippen molar-refractivity contribution < 1.29 is 47.8 Å². The summed E-state index contributed by atoms with van der Waals surface area (Å²) in [4.78, 5) is 17.3. The smallest absolute Gasteiger partial charge is 0.502 e. The van der Waals surface area contributed by atoms with Gasteiger partial charge in [-0.1, -0.05) is 116 Å². The Morgan fingerprint density at radius 2 is 1.26 bits per heavy atom. The predicted octanol–water partition coefficient (Wildman–Crippen LogP) is 15.6. The Hall–Kier alpha value is -7.29. The molecule has 4 aromatic heterocycles. The van der Waals surface area contributed by atoms with Gasteiger partial charge in [0.1, 0.15) is 5.58 Å². The molecule has 1 fully saturated rings. The van der Waals surface area contributed by atoms with Crippen LogP contribution in [0.1, 0.15) is 94.9 Å². The number of benzene rings is 6. The second kappa shape index (κ2) is 20.7. The second-order valence-corrected chi connectivity index (χ2v) is 17.0. The average Bonchev–Trinajstić information content (AvgIpc) is 1.68. The molecule has 4 heterocycles. The third kappa shape index (κ3) is 9.79. The van der Waals surface area contributed by atoms with Crippen LogP contribution in [0.2, 0.25) is 0 Å². The van der Waals surface area contributed by atoms with E-state index < -0.39 is 90.6 Å². The number of hydrogen-bond acceptors (Lipinski definition) is 4. The first kappa shape index (κ1) is 30.3. The number of furan rings is 1. The zero-order valence-corrected chi connectivity index (χ0v) is 40.0. The number of fused-ring (bicyclic) bond motifs is 3. The predicted molar refractivity (Wildman–Crippen MR) is 279 cm³/mol. The Bertz CT molecular complexity index is 4310. The van der Waals surface area contributed by atoms with Gasteiger partial charge in [0.05, 0.1) is 19.0 Å². The van der Waals surface area contributed by atoms with Gasteiger partial charge in [0.2, 0.25) is 5.69 Å². The van der Waals surface area contributed by atoms with E-state index in [0.29, 0.717) is 46.3 Å². The summed E-state index contributed by atoms with van der Waals surface area (Å²) in [7, 11) is 0. The summed E-state index contributed by atoms with van der Waals surface area (Å²) in [6, 6.07) is 37.0. The molecule has 5 nitrogen and oxygen atoms in total. The summed E-state index contributed by atoms with van der Waals surface area (Å²) in [6.07, 6.45) is -12.0. The molecule has 6 heteroatoms. The van der Waals surface area contributed by atoms with E-state index in [-0.39, 0.29) is 81.4 Å². The van der Waals surface area contributed by atoms with Crippen LogP contribution in [-0.2, 0) is 63.8 Å². The van der Waals surface area contributed by atoms with E-state index in [4.69, 9.17) is 17.8 Å². The number of pyridine rings is 3. The van der Waals surface area contributed by atoms with Gasteiger partial charge >= 0.3 is 20.1 Å². The fourth-order valence-corrected chi connectivity index (χ4v) is 8.95. The molecule has 0 bridgehead atoms. The first-order valence-corrected chi connectivity index (χ1v) is 22.5. The Morgan fingerprint density at radius 1 is 0.643 bits per heavy atom. The third-order valence-electron chi connectivity index (χ3n) is 12.4. The van der Waals surface area contributed by atoms with E-state index in [0.717, 1.165) is 37.2 Å². The molecule has 342 valence electrons. The van der Waals surface area contributed by atoms with Crippen LogP contribution >= 0.6 is 0 Å². The van der Waals surface area contributed by atoms with Gasteiger partial charge in [-0.15, -0.1) is 90.0 Å². The molecule has 0 amide bonds. The SMILES string of the molecule is [2H]c1c([2H])c([2H])c(-c2ccc3oc4c(-c5ccc(C([2H])([2H])C([2H])([2H])c6cc(C([2H])([2H])C([2H])([2H])c7ccc(-c8[c-]cccc8)nc7)cc(C([2H])([2H])C([2H])([2H])c7cnc(-c8[c-]cccc8)cc7C7(C)CCCC7)c6)cn5)[c-]ccc4c3c2[N+]#[C-])c([2H])c1[2H].[Ir+3]. The normalized spacial score (nSPS) is 17.8. The largest absolute Gasteiger partial charge is 3.00 e. The average molecular weight is 1100 g/mol. The van der Waals surface area contributed by atoms with Gasteiger partial charge in [-0.25, -0.2) is 4.85 Å². The maximum absolute atomic E-state index is 9.86. The van der Waals surface area contributed by atoms with Crippen molar-refractivity contribution >= 4 is 27.6 Å². The van der Waals surface area contributed by atoms with Gasteiger partial charge in [0, 0.05) is 40.4 Å². The van der Waals surface area contributed by atoms with Crippen LogP contribution in [0.4, 0.5) is 5.69 Å². The minimum atomic E-state index is -3.22.